The fourth-order valence-electron chi connectivity index (χ4n) is 3.93. The Morgan fingerprint density at radius 2 is 1.86 bits per heavy atom. The highest BCUT2D eigenvalue weighted by atomic mass is 16.6. The number of para-hydroxylation sites is 2. The van der Waals surface area contributed by atoms with E-state index in [2.05, 4.69) is 15.8 Å². The fraction of sp³-hybridized carbons (Fsp3) is 0.217. The molecule has 0 unspecified atom stereocenters. The predicted octanol–water partition coefficient (Wildman–Crippen LogP) is 4.82. The van der Waals surface area contributed by atoms with E-state index in [1.807, 2.05) is 0 Å². The molecule has 0 saturated heterocycles. The van der Waals surface area contributed by atoms with Crippen LogP contribution in [0.15, 0.2) is 52.0 Å². The summed E-state index contributed by atoms with van der Waals surface area (Å²) in [5.74, 6) is 0.792. The SMILES string of the molecule is COc1ccccc1NC(=O)c1oc2c(c1C)/C(=N/Nc1ccc([N+](=O)[O-])cc1[N+](=O)[O-])CCC2. The number of ether oxygens (including phenoxy) is 1. The number of hydrazone groups is 1. The van der Waals surface area contributed by atoms with Crippen molar-refractivity contribution in [3.8, 4) is 5.75 Å². The molecule has 180 valence electrons. The zero-order valence-electron chi connectivity index (χ0n) is 18.9. The summed E-state index contributed by atoms with van der Waals surface area (Å²) >= 11 is 0. The van der Waals surface area contributed by atoms with Gasteiger partial charge < -0.3 is 14.5 Å². The second-order valence-electron chi connectivity index (χ2n) is 7.75. The molecule has 1 heterocycles. The van der Waals surface area contributed by atoms with E-state index in [4.69, 9.17) is 9.15 Å². The third-order valence-corrected chi connectivity index (χ3v) is 5.59. The second kappa shape index (κ2) is 9.63. The summed E-state index contributed by atoms with van der Waals surface area (Å²) in [7, 11) is 1.51. The van der Waals surface area contributed by atoms with Crippen LogP contribution in [0.4, 0.5) is 22.7 Å². The van der Waals surface area contributed by atoms with Crippen LogP contribution in [0.25, 0.3) is 0 Å². The maximum Gasteiger partial charge on any atom is 0.301 e. The molecule has 0 aliphatic heterocycles. The van der Waals surface area contributed by atoms with Gasteiger partial charge in [-0.2, -0.15) is 5.10 Å². The van der Waals surface area contributed by atoms with E-state index in [-0.39, 0.29) is 11.4 Å². The van der Waals surface area contributed by atoms with Gasteiger partial charge in [-0.15, -0.1) is 0 Å². The first-order valence-corrected chi connectivity index (χ1v) is 10.6. The highest BCUT2D eigenvalue weighted by Gasteiger charge is 2.29. The minimum atomic E-state index is -0.717. The van der Waals surface area contributed by atoms with Crippen LogP contribution in [0.1, 0.15) is 40.3 Å². The Labute approximate surface area is 198 Å². The van der Waals surface area contributed by atoms with Gasteiger partial charge in [0, 0.05) is 23.6 Å². The van der Waals surface area contributed by atoms with Crippen LogP contribution in [0.5, 0.6) is 5.75 Å². The van der Waals surface area contributed by atoms with Crippen LogP contribution >= 0.6 is 0 Å². The standard InChI is InChI=1S/C23H21N5O7/c1-13-21-17(26-25-15-11-10-14(27(30)31)12-18(15)28(32)33)7-5-9-20(21)35-22(13)23(29)24-16-6-3-4-8-19(16)34-2/h3-4,6,8,10-12,25H,5,7,9H2,1-2H3,(H,24,29)/b26-17+. The number of furan rings is 1. The van der Waals surface area contributed by atoms with Gasteiger partial charge >= 0.3 is 5.69 Å². The lowest BCUT2D eigenvalue weighted by atomic mass is 9.93. The zero-order valence-corrected chi connectivity index (χ0v) is 18.9. The summed E-state index contributed by atoms with van der Waals surface area (Å²) in [5.41, 5.74) is 4.11. The molecule has 0 radical (unpaired) electrons. The Hall–Kier alpha value is -4.74. The summed E-state index contributed by atoms with van der Waals surface area (Å²) in [4.78, 5) is 33.9. The topological polar surface area (TPSA) is 162 Å². The Balaban J connectivity index is 1.63. The molecule has 12 heteroatoms. The summed E-state index contributed by atoms with van der Waals surface area (Å²) in [6.07, 6.45) is 1.86. The molecule has 1 amide bonds. The van der Waals surface area contributed by atoms with E-state index in [1.54, 1.807) is 31.2 Å². The molecule has 0 bridgehead atoms. The fourth-order valence-corrected chi connectivity index (χ4v) is 3.93. The molecule has 1 aliphatic carbocycles. The van der Waals surface area contributed by atoms with Crippen molar-refractivity contribution in [1.82, 2.24) is 0 Å². The van der Waals surface area contributed by atoms with Crippen LogP contribution in [0.3, 0.4) is 0 Å². The highest BCUT2D eigenvalue weighted by Crippen LogP contribution is 2.33. The number of amides is 1. The Morgan fingerprint density at radius 3 is 2.57 bits per heavy atom. The van der Waals surface area contributed by atoms with Crippen LogP contribution < -0.4 is 15.5 Å². The number of hydrogen-bond donors (Lipinski definition) is 2. The average Bonchev–Trinajstić information content (AvgIpc) is 3.20. The van der Waals surface area contributed by atoms with Gasteiger partial charge in [-0.3, -0.25) is 30.4 Å². The number of hydrogen-bond acceptors (Lipinski definition) is 9. The monoisotopic (exact) mass is 479 g/mol. The smallest absolute Gasteiger partial charge is 0.301 e. The molecular formula is C23H21N5O7. The number of nitro benzene ring substituents is 2. The number of nitro groups is 2. The molecular weight excluding hydrogens is 458 g/mol. The molecule has 1 aromatic heterocycles. The molecule has 1 aliphatic rings. The number of fused-ring (bicyclic) bond motifs is 1. The van der Waals surface area contributed by atoms with Gasteiger partial charge in [0.15, 0.2) is 5.76 Å². The van der Waals surface area contributed by atoms with Gasteiger partial charge in [-0.1, -0.05) is 12.1 Å². The molecule has 4 rings (SSSR count). The van der Waals surface area contributed by atoms with E-state index < -0.39 is 27.1 Å². The van der Waals surface area contributed by atoms with E-state index in [9.17, 15) is 25.0 Å². The minimum Gasteiger partial charge on any atom is -0.495 e. The molecule has 2 aromatic carbocycles. The Morgan fingerprint density at radius 1 is 1.09 bits per heavy atom. The average molecular weight is 479 g/mol. The van der Waals surface area contributed by atoms with E-state index in [0.29, 0.717) is 53.3 Å². The summed E-state index contributed by atoms with van der Waals surface area (Å²) in [6.45, 7) is 1.74. The molecule has 12 nitrogen and oxygen atoms in total. The van der Waals surface area contributed by atoms with E-state index in [1.165, 1.54) is 13.2 Å². The van der Waals surface area contributed by atoms with Crippen molar-refractivity contribution in [3.63, 3.8) is 0 Å². The first-order chi connectivity index (χ1) is 16.8. The van der Waals surface area contributed by atoms with Crippen LogP contribution in [0, 0.1) is 27.2 Å². The number of carbonyl (C=O) groups is 1. The van der Waals surface area contributed by atoms with Gasteiger partial charge in [-0.25, -0.2) is 0 Å². The minimum absolute atomic E-state index is 0.00973. The molecule has 0 saturated carbocycles. The predicted molar refractivity (Wildman–Crippen MR) is 127 cm³/mol. The quantitative estimate of drug-likeness (QED) is 0.360. The molecule has 0 spiro atoms. The Kier molecular flexibility index (Phi) is 6.44. The van der Waals surface area contributed by atoms with Gasteiger partial charge in [0.05, 0.1) is 34.4 Å². The number of aryl methyl sites for hydroxylation is 1. The lowest BCUT2D eigenvalue weighted by Gasteiger charge is -2.14. The molecule has 35 heavy (non-hydrogen) atoms. The van der Waals surface area contributed by atoms with Crippen LogP contribution in [-0.4, -0.2) is 28.6 Å². The number of benzene rings is 2. The normalized spacial score (nSPS) is 13.7. The highest BCUT2D eigenvalue weighted by molar-refractivity contribution is 6.09. The first kappa shape index (κ1) is 23.4. The van der Waals surface area contributed by atoms with Crippen molar-refractivity contribution in [1.29, 1.82) is 0 Å². The zero-order chi connectivity index (χ0) is 25.1. The third kappa shape index (κ3) is 4.67. The number of nitrogens with zero attached hydrogens (tertiary/aromatic N) is 3. The van der Waals surface area contributed by atoms with Crippen molar-refractivity contribution in [2.45, 2.75) is 26.2 Å². The number of carbonyl (C=O) groups excluding carboxylic acids is 1. The van der Waals surface area contributed by atoms with Crippen LogP contribution in [0.2, 0.25) is 0 Å². The summed E-state index contributed by atoms with van der Waals surface area (Å²) in [5, 5.41) is 29.5. The van der Waals surface area contributed by atoms with Gasteiger partial charge in [0.2, 0.25) is 0 Å². The van der Waals surface area contributed by atoms with Gasteiger partial charge in [0.1, 0.15) is 17.2 Å². The largest absolute Gasteiger partial charge is 0.495 e. The van der Waals surface area contributed by atoms with Crippen LogP contribution in [-0.2, 0) is 6.42 Å². The maximum absolute atomic E-state index is 13.0. The van der Waals surface area contributed by atoms with Gasteiger partial charge in [-0.05, 0) is 38.0 Å². The van der Waals surface area contributed by atoms with Crippen molar-refractivity contribution in [2.24, 2.45) is 5.10 Å². The van der Waals surface area contributed by atoms with Crippen molar-refractivity contribution < 1.29 is 23.8 Å². The van der Waals surface area contributed by atoms with E-state index >= 15 is 0 Å². The second-order valence-corrected chi connectivity index (χ2v) is 7.75. The lowest BCUT2D eigenvalue weighted by Crippen LogP contribution is -2.15. The maximum atomic E-state index is 13.0. The van der Waals surface area contributed by atoms with Gasteiger partial charge in [0.25, 0.3) is 11.6 Å². The van der Waals surface area contributed by atoms with E-state index in [0.717, 1.165) is 12.1 Å². The number of non-ortho nitro benzene ring substituents is 1. The third-order valence-electron chi connectivity index (χ3n) is 5.59. The van der Waals surface area contributed by atoms with Crippen molar-refractivity contribution in [3.05, 3.63) is 85.3 Å². The molecule has 0 atom stereocenters. The summed E-state index contributed by atoms with van der Waals surface area (Å²) in [6, 6.07) is 10.3. The number of anilines is 2. The molecule has 3 aromatic rings. The molecule has 0 fully saturated rings. The number of nitrogens with one attached hydrogen (secondary N) is 2. The molecule has 2 N–H and O–H groups in total. The summed E-state index contributed by atoms with van der Waals surface area (Å²) < 4.78 is 11.2. The lowest BCUT2D eigenvalue weighted by molar-refractivity contribution is -0.393. The number of methoxy groups -OCH3 is 1. The van der Waals surface area contributed by atoms with Crippen molar-refractivity contribution in [2.75, 3.05) is 17.9 Å². The first-order valence-electron chi connectivity index (χ1n) is 10.6. The van der Waals surface area contributed by atoms with Crippen molar-refractivity contribution >= 4 is 34.4 Å². The number of rotatable bonds is 7. The Bertz CT molecular complexity index is 1360.